The zero-order valence-corrected chi connectivity index (χ0v) is 9.98. The molecule has 0 bridgehead atoms. The van der Waals surface area contributed by atoms with E-state index in [-0.39, 0.29) is 0 Å². The van der Waals surface area contributed by atoms with Gasteiger partial charge in [0.2, 0.25) is 0 Å². The number of rotatable bonds is 2. The van der Waals surface area contributed by atoms with Crippen LogP contribution in [0.25, 0.3) is 0 Å². The topological polar surface area (TPSA) is 3.24 Å². The first-order valence-corrected chi connectivity index (χ1v) is 5.53. The zero-order valence-electron chi connectivity index (χ0n) is 9.98. The molecule has 13 heavy (non-hydrogen) atoms. The predicted molar refractivity (Wildman–Crippen MR) is 59.0 cm³/mol. The highest BCUT2D eigenvalue weighted by Crippen LogP contribution is 2.42. The fourth-order valence-electron chi connectivity index (χ4n) is 2.80. The van der Waals surface area contributed by atoms with E-state index in [1.807, 2.05) is 0 Å². The van der Waals surface area contributed by atoms with Gasteiger partial charge in [-0.05, 0) is 38.8 Å². The van der Waals surface area contributed by atoms with Crippen LogP contribution in [0.15, 0.2) is 0 Å². The van der Waals surface area contributed by atoms with Gasteiger partial charge in [-0.25, -0.2) is 0 Å². The molecule has 78 valence electrons. The lowest BCUT2D eigenvalue weighted by Crippen LogP contribution is -2.44. The Labute approximate surface area is 83.5 Å². The molecule has 0 amide bonds. The molecule has 0 aromatic heterocycles. The second-order valence-corrected chi connectivity index (χ2v) is 6.06. The minimum Gasteiger partial charge on any atom is -0.304 e. The summed E-state index contributed by atoms with van der Waals surface area (Å²) in [5.74, 6) is 0. The Morgan fingerprint density at radius 2 is 1.54 bits per heavy atom. The van der Waals surface area contributed by atoms with Crippen molar-refractivity contribution < 1.29 is 0 Å². The van der Waals surface area contributed by atoms with Crippen molar-refractivity contribution in [3.63, 3.8) is 0 Å². The van der Waals surface area contributed by atoms with Crippen molar-refractivity contribution in [2.75, 3.05) is 14.1 Å². The van der Waals surface area contributed by atoms with E-state index >= 15 is 0 Å². The summed E-state index contributed by atoms with van der Waals surface area (Å²) < 4.78 is 0. The fraction of sp³-hybridized carbons (Fsp3) is 1.00. The molecule has 1 rings (SSSR count). The third kappa shape index (κ3) is 2.70. The van der Waals surface area contributed by atoms with Crippen molar-refractivity contribution in [1.29, 1.82) is 0 Å². The van der Waals surface area contributed by atoms with Gasteiger partial charge in [0, 0.05) is 5.54 Å². The average molecular weight is 183 g/mol. The molecular weight excluding hydrogens is 158 g/mol. The van der Waals surface area contributed by atoms with E-state index in [9.17, 15) is 0 Å². The van der Waals surface area contributed by atoms with E-state index in [4.69, 9.17) is 0 Å². The third-order valence-electron chi connectivity index (χ3n) is 3.34. The predicted octanol–water partition coefficient (Wildman–Crippen LogP) is 3.30. The van der Waals surface area contributed by atoms with Gasteiger partial charge in [0.25, 0.3) is 0 Å². The van der Waals surface area contributed by atoms with Gasteiger partial charge in [-0.1, -0.05) is 33.6 Å². The first kappa shape index (κ1) is 11.0. The lowest BCUT2D eigenvalue weighted by atomic mass is 9.78. The first-order valence-electron chi connectivity index (χ1n) is 5.53. The molecule has 1 aliphatic rings. The van der Waals surface area contributed by atoms with Crippen LogP contribution in [-0.4, -0.2) is 24.5 Å². The van der Waals surface area contributed by atoms with E-state index in [1.165, 1.54) is 32.1 Å². The van der Waals surface area contributed by atoms with Gasteiger partial charge in [0.15, 0.2) is 0 Å². The van der Waals surface area contributed by atoms with Crippen molar-refractivity contribution in [3.8, 4) is 0 Å². The Balaban J connectivity index is 2.68. The monoisotopic (exact) mass is 183 g/mol. The summed E-state index contributed by atoms with van der Waals surface area (Å²) in [6.07, 6.45) is 6.99. The zero-order chi connectivity index (χ0) is 10.1. The van der Waals surface area contributed by atoms with Gasteiger partial charge in [0.1, 0.15) is 0 Å². The molecule has 0 saturated heterocycles. The molecule has 0 radical (unpaired) electrons. The highest BCUT2D eigenvalue weighted by Gasteiger charge is 2.38. The quantitative estimate of drug-likeness (QED) is 0.635. The molecule has 0 unspecified atom stereocenters. The van der Waals surface area contributed by atoms with Crippen molar-refractivity contribution in [1.82, 2.24) is 4.90 Å². The molecule has 0 aromatic rings. The third-order valence-corrected chi connectivity index (χ3v) is 3.34. The Kier molecular flexibility index (Phi) is 3.06. The molecule has 1 heteroatoms. The molecular formula is C12H25N. The van der Waals surface area contributed by atoms with Crippen molar-refractivity contribution in [3.05, 3.63) is 0 Å². The number of nitrogens with zero attached hydrogens (tertiary/aromatic N) is 1. The van der Waals surface area contributed by atoms with Gasteiger partial charge in [-0.2, -0.15) is 0 Å². The van der Waals surface area contributed by atoms with E-state index < -0.39 is 0 Å². The second-order valence-electron chi connectivity index (χ2n) is 6.06. The van der Waals surface area contributed by atoms with E-state index in [0.717, 1.165) is 0 Å². The summed E-state index contributed by atoms with van der Waals surface area (Å²) in [5.41, 5.74) is 0.979. The van der Waals surface area contributed by atoms with E-state index in [1.54, 1.807) is 0 Å². The molecule has 0 atom stereocenters. The Hall–Kier alpha value is -0.0400. The van der Waals surface area contributed by atoms with Crippen molar-refractivity contribution in [2.24, 2.45) is 5.41 Å². The van der Waals surface area contributed by atoms with Crippen molar-refractivity contribution in [2.45, 2.75) is 58.4 Å². The number of hydrogen-bond acceptors (Lipinski definition) is 1. The van der Waals surface area contributed by atoms with Gasteiger partial charge < -0.3 is 4.90 Å². The summed E-state index contributed by atoms with van der Waals surface area (Å²) in [4.78, 5) is 2.46. The number of hydrogen-bond donors (Lipinski definition) is 0. The van der Waals surface area contributed by atoms with Crippen LogP contribution in [0.1, 0.15) is 52.9 Å². The molecule has 1 fully saturated rings. The normalized spacial score (nSPS) is 22.6. The van der Waals surface area contributed by atoms with E-state index in [0.29, 0.717) is 11.0 Å². The van der Waals surface area contributed by atoms with Gasteiger partial charge in [0.05, 0.1) is 0 Å². The van der Waals surface area contributed by atoms with Gasteiger partial charge in [-0.3, -0.25) is 0 Å². The highest BCUT2D eigenvalue weighted by molar-refractivity contribution is 4.95. The fourth-order valence-corrected chi connectivity index (χ4v) is 2.80. The summed E-state index contributed by atoms with van der Waals surface area (Å²) >= 11 is 0. The SMILES string of the molecule is CN(C)C1(CC(C)(C)C)CCCC1. The maximum Gasteiger partial charge on any atom is 0.0208 e. The van der Waals surface area contributed by atoms with Crippen LogP contribution in [0, 0.1) is 5.41 Å². The average Bonchev–Trinajstić information content (AvgIpc) is 2.33. The largest absolute Gasteiger partial charge is 0.304 e. The highest BCUT2D eigenvalue weighted by atomic mass is 15.1. The Morgan fingerprint density at radius 3 is 1.85 bits per heavy atom. The van der Waals surface area contributed by atoms with Crippen LogP contribution < -0.4 is 0 Å². The molecule has 0 aromatic carbocycles. The first-order chi connectivity index (χ1) is 5.86. The van der Waals surface area contributed by atoms with Crippen LogP contribution in [0.4, 0.5) is 0 Å². The van der Waals surface area contributed by atoms with Gasteiger partial charge >= 0.3 is 0 Å². The van der Waals surface area contributed by atoms with Crippen molar-refractivity contribution >= 4 is 0 Å². The molecule has 0 heterocycles. The summed E-state index contributed by atoms with van der Waals surface area (Å²) in [6.45, 7) is 7.07. The maximum absolute atomic E-state index is 2.46. The summed E-state index contributed by atoms with van der Waals surface area (Å²) in [7, 11) is 4.49. The molecule has 0 spiro atoms. The molecule has 0 aliphatic heterocycles. The van der Waals surface area contributed by atoms with Crippen LogP contribution in [-0.2, 0) is 0 Å². The smallest absolute Gasteiger partial charge is 0.0208 e. The van der Waals surface area contributed by atoms with Crippen LogP contribution in [0.3, 0.4) is 0 Å². The Morgan fingerprint density at radius 1 is 1.08 bits per heavy atom. The van der Waals surface area contributed by atoms with Gasteiger partial charge in [-0.15, -0.1) is 0 Å². The van der Waals surface area contributed by atoms with Crippen LogP contribution >= 0.6 is 0 Å². The maximum atomic E-state index is 2.46. The summed E-state index contributed by atoms with van der Waals surface area (Å²) in [6, 6.07) is 0. The Bertz CT molecular complexity index is 158. The molecule has 1 nitrogen and oxygen atoms in total. The minimum absolute atomic E-state index is 0.467. The second kappa shape index (κ2) is 3.61. The van der Waals surface area contributed by atoms with Crippen LogP contribution in [0.5, 0.6) is 0 Å². The minimum atomic E-state index is 0.467. The lowest BCUT2D eigenvalue weighted by molar-refractivity contribution is 0.0995. The van der Waals surface area contributed by atoms with E-state index in [2.05, 4.69) is 39.8 Å². The molecule has 1 aliphatic carbocycles. The molecule has 0 N–H and O–H groups in total. The lowest BCUT2D eigenvalue weighted by Gasteiger charge is -2.41. The summed E-state index contributed by atoms with van der Waals surface area (Å²) in [5, 5.41) is 0. The standard InChI is InChI=1S/C12H25N/c1-11(2,3)10-12(13(4)5)8-6-7-9-12/h6-10H2,1-5H3. The van der Waals surface area contributed by atoms with Crippen LogP contribution in [0.2, 0.25) is 0 Å². The molecule has 1 saturated carbocycles.